The van der Waals surface area contributed by atoms with E-state index in [1.54, 1.807) is 6.07 Å². The lowest BCUT2D eigenvalue weighted by atomic mass is 10.0. The molecule has 0 spiro atoms. The van der Waals surface area contributed by atoms with Crippen molar-refractivity contribution in [2.24, 2.45) is 0 Å². The van der Waals surface area contributed by atoms with Crippen LogP contribution in [0.25, 0.3) is 0 Å². The highest BCUT2D eigenvalue weighted by Crippen LogP contribution is 2.40. The van der Waals surface area contributed by atoms with Crippen LogP contribution in [0, 0.1) is 0 Å². The van der Waals surface area contributed by atoms with Crippen LogP contribution < -0.4 is 0 Å². The van der Waals surface area contributed by atoms with Gasteiger partial charge in [-0.15, -0.1) is 0 Å². The van der Waals surface area contributed by atoms with Gasteiger partial charge < -0.3 is 10.0 Å². The molecule has 1 aliphatic heterocycles. The van der Waals surface area contributed by atoms with Gasteiger partial charge in [-0.2, -0.15) is 0 Å². The average molecular weight is 268 g/mol. The van der Waals surface area contributed by atoms with Crippen molar-refractivity contribution in [3.63, 3.8) is 0 Å². The Kier molecular flexibility index (Phi) is 2.95. The molecule has 96 valence electrons. The minimum Gasteiger partial charge on any atom is -0.369 e. The van der Waals surface area contributed by atoms with Gasteiger partial charge in [-0.25, -0.2) is 0 Å². The zero-order valence-electron chi connectivity index (χ0n) is 10.4. The smallest absolute Gasteiger partial charge is 0.257 e. The van der Waals surface area contributed by atoms with E-state index in [4.69, 9.17) is 11.6 Å². The second-order valence-corrected chi connectivity index (χ2v) is 5.67. The molecule has 0 bridgehead atoms. The van der Waals surface area contributed by atoms with E-state index < -0.39 is 11.8 Å². The van der Waals surface area contributed by atoms with Crippen LogP contribution in [-0.2, 0) is 0 Å². The van der Waals surface area contributed by atoms with Crippen LogP contribution in [0.4, 0.5) is 0 Å². The van der Waals surface area contributed by atoms with Gasteiger partial charge in [-0.05, 0) is 32.9 Å². The number of carbonyl (C=O) groups excluding carboxylic acids is 2. The zero-order valence-corrected chi connectivity index (χ0v) is 11.2. The quantitative estimate of drug-likeness (QED) is 0.795. The van der Waals surface area contributed by atoms with Gasteiger partial charge in [0, 0.05) is 22.2 Å². The van der Waals surface area contributed by atoms with E-state index in [9.17, 15) is 14.7 Å². The van der Waals surface area contributed by atoms with E-state index >= 15 is 0 Å². The lowest BCUT2D eigenvalue weighted by Gasteiger charge is -2.34. The van der Waals surface area contributed by atoms with Crippen molar-refractivity contribution in [1.82, 2.24) is 4.90 Å². The topological polar surface area (TPSA) is 57.6 Å². The highest BCUT2D eigenvalue weighted by molar-refractivity contribution is 6.33. The Morgan fingerprint density at radius 3 is 2.50 bits per heavy atom. The Labute approximate surface area is 110 Å². The van der Waals surface area contributed by atoms with Crippen LogP contribution in [0.5, 0.6) is 0 Å². The number of aliphatic hydroxyl groups is 1. The summed E-state index contributed by atoms with van der Waals surface area (Å²) in [5.41, 5.74) is 0.283. The predicted octanol–water partition coefficient (Wildman–Crippen LogP) is 2.40. The molecule has 0 saturated heterocycles. The summed E-state index contributed by atoms with van der Waals surface area (Å²) >= 11 is 5.91. The molecule has 0 radical (unpaired) electrons. The van der Waals surface area contributed by atoms with Crippen molar-refractivity contribution in [1.29, 1.82) is 0 Å². The van der Waals surface area contributed by atoms with Crippen LogP contribution in [0.3, 0.4) is 0 Å². The number of halogens is 1. The number of aldehydes is 1. The Morgan fingerprint density at radius 1 is 1.39 bits per heavy atom. The maximum atomic E-state index is 12.2. The molecule has 0 aliphatic carbocycles. The first-order valence-electron chi connectivity index (χ1n) is 5.58. The normalized spacial score (nSPS) is 19.1. The summed E-state index contributed by atoms with van der Waals surface area (Å²) in [5, 5.41) is 10.5. The van der Waals surface area contributed by atoms with Gasteiger partial charge in [0.1, 0.15) is 0 Å². The maximum absolute atomic E-state index is 12.2. The average Bonchev–Trinajstić information content (AvgIpc) is 2.50. The highest BCUT2D eigenvalue weighted by atomic mass is 35.5. The Balaban J connectivity index is 2.66. The molecule has 1 aromatic carbocycles. The van der Waals surface area contributed by atoms with Crippen LogP contribution in [0.2, 0.25) is 5.02 Å². The molecule has 1 aromatic rings. The van der Waals surface area contributed by atoms with Gasteiger partial charge in [0.25, 0.3) is 5.91 Å². The summed E-state index contributed by atoms with van der Waals surface area (Å²) in [6.07, 6.45) is -0.560. The number of hydrogen-bond donors (Lipinski definition) is 1. The summed E-state index contributed by atoms with van der Waals surface area (Å²) in [6, 6.07) is 3.04. The first kappa shape index (κ1) is 13.1. The van der Waals surface area contributed by atoms with Crippen molar-refractivity contribution in [3.05, 3.63) is 33.8 Å². The fraction of sp³-hybridized carbons (Fsp3) is 0.385. The third-order valence-electron chi connectivity index (χ3n) is 3.03. The van der Waals surface area contributed by atoms with E-state index in [2.05, 4.69) is 0 Å². The van der Waals surface area contributed by atoms with E-state index in [0.29, 0.717) is 17.4 Å². The van der Waals surface area contributed by atoms with E-state index in [-0.39, 0.29) is 16.5 Å². The third-order valence-corrected chi connectivity index (χ3v) is 3.36. The molecule has 1 heterocycles. The molecule has 4 nitrogen and oxygen atoms in total. The fourth-order valence-corrected chi connectivity index (χ4v) is 2.44. The SMILES string of the molecule is CC(C)(C)N1C(=O)c2ccc(Cl)c(C=O)c2C1O. The molecule has 0 aromatic heterocycles. The fourth-order valence-electron chi connectivity index (χ4n) is 2.24. The first-order chi connectivity index (χ1) is 8.29. The van der Waals surface area contributed by atoms with Crippen molar-refractivity contribution in [3.8, 4) is 0 Å². The molecule has 0 fully saturated rings. The highest BCUT2D eigenvalue weighted by Gasteiger charge is 2.43. The number of benzene rings is 1. The number of aliphatic hydroxyl groups excluding tert-OH is 1. The molecule has 2 rings (SSSR count). The lowest BCUT2D eigenvalue weighted by molar-refractivity contribution is -0.0230. The number of nitrogens with zero attached hydrogens (tertiary/aromatic N) is 1. The van der Waals surface area contributed by atoms with Crippen molar-refractivity contribution < 1.29 is 14.7 Å². The first-order valence-corrected chi connectivity index (χ1v) is 5.96. The Bertz CT molecular complexity index is 534. The van der Waals surface area contributed by atoms with E-state index in [0.717, 1.165) is 0 Å². The van der Waals surface area contributed by atoms with Gasteiger partial charge in [0.2, 0.25) is 0 Å². The van der Waals surface area contributed by atoms with Gasteiger partial charge in [0.15, 0.2) is 12.5 Å². The molecule has 1 atom stereocenters. The van der Waals surface area contributed by atoms with Crippen molar-refractivity contribution in [2.45, 2.75) is 32.5 Å². The van der Waals surface area contributed by atoms with E-state index in [1.807, 2.05) is 20.8 Å². The monoisotopic (exact) mass is 267 g/mol. The number of hydrogen-bond acceptors (Lipinski definition) is 3. The van der Waals surface area contributed by atoms with Crippen molar-refractivity contribution >= 4 is 23.8 Å². The number of rotatable bonds is 1. The molecule has 0 saturated carbocycles. The number of amides is 1. The maximum Gasteiger partial charge on any atom is 0.257 e. The minimum atomic E-state index is -1.13. The summed E-state index contributed by atoms with van der Waals surface area (Å²) in [7, 11) is 0. The van der Waals surface area contributed by atoms with Crippen LogP contribution in [-0.4, -0.2) is 27.7 Å². The molecule has 1 amide bonds. The van der Waals surface area contributed by atoms with Crippen LogP contribution >= 0.6 is 11.6 Å². The van der Waals surface area contributed by atoms with Gasteiger partial charge in [-0.3, -0.25) is 9.59 Å². The Hall–Kier alpha value is -1.39. The van der Waals surface area contributed by atoms with E-state index in [1.165, 1.54) is 11.0 Å². The summed E-state index contributed by atoms with van der Waals surface area (Å²) < 4.78 is 0. The molecule has 5 heteroatoms. The molecule has 1 unspecified atom stereocenters. The second kappa shape index (κ2) is 4.07. The number of fused-ring (bicyclic) bond motifs is 1. The van der Waals surface area contributed by atoms with Crippen molar-refractivity contribution in [2.75, 3.05) is 0 Å². The zero-order chi connectivity index (χ0) is 13.7. The Morgan fingerprint density at radius 2 is 2.00 bits per heavy atom. The van der Waals surface area contributed by atoms with Gasteiger partial charge >= 0.3 is 0 Å². The van der Waals surface area contributed by atoms with Crippen LogP contribution in [0.1, 0.15) is 53.3 Å². The number of carbonyl (C=O) groups is 2. The molecular formula is C13H14ClNO3. The van der Waals surface area contributed by atoms with Gasteiger partial charge in [-0.1, -0.05) is 11.6 Å². The standard InChI is InChI=1S/C13H14ClNO3/c1-13(2,3)15-11(17)7-4-5-9(14)8(6-16)10(7)12(15)18/h4-6,12,18H,1-3H3. The predicted molar refractivity (Wildman–Crippen MR) is 67.7 cm³/mol. The molecule has 18 heavy (non-hydrogen) atoms. The molecule has 1 aliphatic rings. The second-order valence-electron chi connectivity index (χ2n) is 5.26. The summed E-state index contributed by atoms with van der Waals surface area (Å²) in [4.78, 5) is 24.7. The minimum absolute atomic E-state index is 0.182. The summed E-state index contributed by atoms with van der Waals surface area (Å²) in [5.74, 6) is -0.287. The lowest BCUT2D eigenvalue weighted by Crippen LogP contribution is -2.43. The van der Waals surface area contributed by atoms with Crippen LogP contribution in [0.15, 0.2) is 12.1 Å². The largest absolute Gasteiger partial charge is 0.369 e. The molecule has 1 N–H and O–H groups in total. The molecular weight excluding hydrogens is 254 g/mol. The van der Waals surface area contributed by atoms with Gasteiger partial charge in [0.05, 0.1) is 5.02 Å². The summed E-state index contributed by atoms with van der Waals surface area (Å²) in [6.45, 7) is 5.46. The third kappa shape index (κ3) is 1.72.